The van der Waals surface area contributed by atoms with E-state index in [1.807, 2.05) is 19.1 Å². The lowest BCUT2D eigenvalue weighted by atomic mass is 10.3. The van der Waals surface area contributed by atoms with Crippen LogP contribution < -0.4 is 5.32 Å². The van der Waals surface area contributed by atoms with Crippen LogP contribution in [0.15, 0.2) is 22.8 Å². The first-order valence-corrected chi connectivity index (χ1v) is 4.75. The van der Waals surface area contributed by atoms with Crippen LogP contribution in [0.1, 0.15) is 12.7 Å². The molecular formula is C10H16N2O2. The lowest BCUT2D eigenvalue weighted by Gasteiger charge is -2.14. The molecule has 14 heavy (non-hydrogen) atoms. The van der Waals surface area contributed by atoms with E-state index in [4.69, 9.17) is 4.42 Å². The van der Waals surface area contributed by atoms with Crippen molar-refractivity contribution in [3.05, 3.63) is 24.2 Å². The number of carbonyl (C=O) groups is 1. The molecule has 0 aromatic carbocycles. The number of furan rings is 1. The number of carbonyl (C=O) groups excluding carboxylic acids is 1. The molecule has 1 aromatic rings. The highest BCUT2D eigenvalue weighted by molar-refractivity contribution is 5.73. The number of hydrogen-bond donors (Lipinski definition) is 1. The van der Waals surface area contributed by atoms with Crippen molar-refractivity contribution in [2.75, 3.05) is 20.1 Å². The third-order valence-corrected chi connectivity index (χ3v) is 2.05. The first kappa shape index (κ1) is 10.6. The molecule has 1 N–H and O–H groups in total. The van der Waals surface area contributed by atoms with E-state index in [0.29, 0.717) is 13.1 Å². The summed E-state index contributed by atoms with van der Waals surface area (Å²) in [5.74, 6) is 0.893. The molecule has 4 nitrogen and oxygen atoms in total. The minimum atomic E-state index is -0.0425. The summed E-state index contributed by atoms with van der Waals surface area (Å²) < 4.78 is 5.14. The highest BCUT2D eigenvalue weighted by atomic mass is 16.3. The quantitative estimate of drug-likeness (QED) is 0.792. The summed E-state index contributed by atoms with van der Waals surface area (Å²) >= 11 is 0. The average Bonchev–Trinajstić information content (AvgIpc) is 2.69. The lowest BCUT2D eigenvalue weighted by molar-refractivity contribution is 0.211. The van der Waals surface area contributed by atoms with Crippen LogP contribution >= 0.6 is 0 Å². The average molecular weight is 196 g/mol. The molecule has 1 heterocycles. The van der Waals surface area contributed by atoms with Crippen molar-refractivity contribution >= 4 is 6.03 Å². The topological polar surface area (TPSA) is 45.5 Å². The second-order valence-corrected chi connectivity index (χ2v) is 3.08. The van der Waals surface area contributed by atoms with Crippen molar-refractivity contribution in [1.82, 2.24) is 10.2 Å². The summed E-state index contributed by atoms with van der Waals surface area (Å²) in [6.45, 7) is 3.26. The second-order valence-electron chi connectivity index (χ2n) is 3.08. The molecular weight excluding hydrogens is 180 g/mol. The molecule has 0 saturated carbocycles. The molecule has 2 amide bonds. The van der Waals surface area contributed by atoms with Crippen LogP contribution in [0.5, 0.6) is 0 Å². The Morgan fingerprint density at radius 2 is 2.43 bits per heavy atom. The minimum Gasteiger partial charge on any atom is -0.469 e. The minimum absolute atomic E-state index is 0.0425. The molecule has 78 valence electrons. The normalized spacial score (nSPS) is 9.86. The van der Waals surface area contributed by atoms with Gasteiger partial charge in [-0.05, 0) is 19.1 Å². The monoisotopic (exact) mass is 196 g/mol. The summed E-state index contributed by atoms with van der Waals surface area (Å²) in [6, 6.07) is 3.70. The number of urea groups is 1. The Morgan fingerprint density at radius 1 is 1.64 bits per heavy atom. The first-order chi connectivity index (χ1) is 6.74. The van der Waals surface area contributed by atoms with Gasteiger partial charge < -0.3 is 14.6 Å². The second kappa shape index (κ2) is 5.32. The van der Waals surface area contributed by atoms with Gasteiger partial charge in [0.25, 0.3) is 0 Å². The molecule has 0 spiro atoms. The SMILES string of the molecule is CCN(C)C(=O)NCCc1ccco1. The molecule has 0 saturated heterocycles. The standard InChI is InChI=1S/C10H16N2O2/c1-3-12(2)10(13)11-7-6-9-5-4-8-14-9/h4-5,8H,3,6-7H2,1-2H3,(H,11,13). The van der Waals surface area contributed by atoms with Gasteiger partial charge in [-0.1, -0.05) is 0 Å². The molecule has 0 atom stereocenters. The number of amides is 2. The maximum Gasteiger partial charge on any atom is 0.317 e. The van der Waals surface area contributed by atoms with E-state index < -0.39 is 0 Å². The maximum absolute atomic E-state index is 11.3. The van der Waals surface area contributed by atoms with Crippen LogP contribution in [-0.4, -0.2) is 31.1 Å². The molecule has 0 aliphatic carbocycles. The van der Waals surface area contributed by atoms with Crippen molar-refractivity contribution in [3.63, 3.8) is 0 Å². The van der Waals surface area contributed by atoms with Gasteiger partial charge in [-0.25, -0.2) is 4.79 Å². The maximum atomic E-state index is 11.3. The predicted molar refractivity (Wildman–Crippen MR) is 54.1 cm³/mol. The van der Waals surface area contributed by atoms with Gasteiger partial charge in [0, 0.05) is 26.6 Å². The molecule has 0 radical (unpaired) electrons. The summed E-state index contributed by atoms with van der Waals surface area (Å²) in [5.41, 5.74) is 0. The zero-order chi connectivity index (χ0) is 10.4. The van der Waals surface area contributed by atoms with Gasteiger partial charge >= 0.3 is 6.03 Å². The number of nitrogens with one attached hydrogen (secondary N) is 1. The van der Waals surface area contributed by atoms with Gasteiger partial charge in [-0.15, -0.1) is 0 Å². The van der Waals surface area contributed by atoms with E-state index in [1.54, 1.807) is 18.2 Å². The summed E-state index contributed by atoms with van der Waals surface area (Å²) in [5, 5.41) is 2.80. The predicted octanol–water partition coefficient (Wildman–Crippen LogP) is 1.48. The van der Waals surface area contributed by atoms with Crippen LogP contribution in [0.4, 0.5) is 4.79 Å². The van der Waals surface area contributed by atoms with Crippen molar-refractivity contribution in [1.29, 1.82) is 0 Å². The first-order valence-electron chi connectivity index (χ1n) is 4.75. The van der Waals surface area contributed by atoms with Gasteiger partial charge in [-0.2, -0.15) is 0 Å². The zero-order valence-electron chi connectivity index (χ0n) is 8.62. The third kappa shape index (κ3) is 3.12. The van der Waals surface area contributed by atoms with Gasteiger partial charge in [0.05, 0.1) is 6.26 Å². The Bertz CT molecular complexity index is 270. The molecule has 0 aliphatic heterocycles. The molecule has 1 aromatic heterocycles. The fourth-order valence-electron chi connectivity index (χ4n) is 1.03. The van der Waals surface area contributed by atoms with Crippen LogP contribution in [0.2, 0.25) is 0 Å². The van der Waals surface area contributed by atoms with E-state index in [9.17, 15) is 4.79 Å². The molecule has 0 unspecified atom stereocenters. The van der Waals surface area contributed by atoms with Crippen LogP contribution in [0, 0.1) is 0 Å². The van der Waals surface area contributed by atoms with E-state index in [1.165, 1.54) is 0 Å². The van der Waals surface area contributed by atoms with E-state index in [0.717, 1.165) is 12.2 Å². The fourth-order valence-corrected chi connectivity index (χ4v) is 1.03. The molecule has 0 aliphatic rings. The Hall–Kier alpha value is -1.45. The van der Waals surface area contributed by atoms with Gasteiger partial charge in [-0.3, -0.25) is 0 Å². The highest BCUT2D eigenvalue weighted by Crippen LogP contribution is 1.99. The van der Waals surface area contributed by atoms with Crippen molar-refractivity contribution in [3.8, 4) is 0 Å². The van der Waals surface area contributed by atoms with E-state index in [-0.39, 0.29) is 6.03 Å². The van der Waals surface area contributed by atoms with Crippen molar-refractivity contribution in [2.24, 2.45) is 0 Å². The van der Waals surface area contributed by atoms with Crippen LogP contribution in [0.3, 0.4) is 0 Å². The fraction of sp³-hybridized carbons (Fsp3) is 0.500. The van der Waals surface area contributed by atoms with E-state index >= 15 is 0 Å². The molecule has 1 rings (SSSR count). The highest BCUT2D eigenvalue weighted by Gasteiger charge is 2.04. The van der Waals surface area contributed by atoms with Gasteiger partial charge in [0.15, 0.2) is 0 Å². The van der Waals surface area contributed by atoms with Gasteiger partial charge in [0.2, 0.25) is 0 Å². The molecule has 0 fully saturated rings. The zero-order valence-corrected chi connectivity index (χ0v) is 8.62. The van der Waals surface area contributed by atoms with Crippen molar-refractivity contribution < 1.29 is 9.21 Å². The number of rotatable bonds is 4. The van der Waals surface area contributed by atoms with Gasteiger partial charge in [0.1, 0.15) is 5.76 Å². The van der Waals surface area contributed by atoms with Crippen LogP contribution in [0.25, 0.3) is 0 Å². The summed E-state index contributed by atoms with van der Waals surface area (Å²) in [7, 11) is 1.77. The third-order valence-electron chi connectivity index (χ3n) is 2.05. The van der Waals surface area contributed by atoms with E-state index in [2.05, 4.69) is 5.32 Å². The molecule has 0 bridgehead atoms. The summed E-state index contributed by atoms with van der Waals surface area (Å²) in [4.78, 5) is 12.9. The molecule has 4 heteroatoms. The smallest absolute Gasteiger partial charge is 0.317 e. The Labute approximate surface area is 83.9 Å². The lowest BCUT2D eigenvalue weighted by Crippen LogP contribution is -2.37. The number of hydrogen-bond acceptors (Lipinski definition) is 2. The number of nitrogens with zero attached hydrogens (tertiary/aromatic N) is 1. The van der Waals surface area contributed by atoms with Crippen molar-refractivity contribution in [2.45, 2.75) is 13.3 Å². The summed E-state index contributed by atoms with van der Waals surface area (Å²) in [6.07, 6.45) is 2.37. The Balaban J connectivity index is 2.18. The largest absolute Gasteiger partial charge is 0.469 e. The Morgan fingerprint density at radius 3 is 3.00 bits per heavy atom. The Kier molecular flexibility index (Phi) is 4.04. The van der Waals surface area contributed by atoms with Crippen LogP contribution in [-0.2, 0) is 6.42 Å².